The molecule has 29 heavy (non-hydrogen) atoms. The fourth-order valence-electron chi connectivity index (χ4n) is 2.64. The molecular weight excluding hydrogens is 360 g/mol. The summed E-state index contributed by atoms with van der Waals surface area (Å²) in [5.41, 5.74) is 4.37. The molecule has 2 aromatic carbocycles. The van der Waals surface area contributed by atoms with Crippen LogP contribution in [-0.4, -0.2) is 20.9 Å². The number of rotatable bonds is 3. The molecule has 1 amide bonds. The van der Waals surface area contributed by atoms with E-state index >= 15 is 0 Å². The van der Waals surface area contributed by atoms with E-state index in [1.54, 1.807) is 18.5 Å². The molecule has 0 unspecified atom stereocenters. The number of hydrogen-bond donors (Lipinski definition) is 1. The van der Waals surface area contributed by atoms with Crippen molar-refractivity contribution in [1.82, 2.24) is 15.0 Å². The van der Waals surface area contributed by atoms with Crippen LogP contribution in [0.15, 0.2) is 85.2 Å². The van der Waals surface area contributed by atoms with Gasteiger partial charge in [0.2, 0.25) is 5.91 Å². The highest BCUT2D eigenvalue weighted by Crippen LogP contribution is 2.11. The number of amides is 1. The quantitative estimate of drug-likeness (QED) is 0.432. The van der Waals surface area contributed by atoms with Crippen molar-refractivity contribution in [2.24, 2.45) is 0 Å². The highest BCUT2D eigenvalue weighted by atomic mass is 16.1. The minimum atomic E-state index is -0.255. The zero-order valence-electron chi connectivity index (χ0n) is 15.4. The summed E-state index contributed by atoms with van der Waals surface area (Å²) in [6.45, 7) is 0. The number of nitrogens with zero attached hydrogens (tertiary/aromatic N) is 3. The lowest BCUT2D eigenvalue weighted by atomic mass is 10.2. The smallest absolute Gasteiger partial charge is 0.248 e. The van der Waals surface area contributed by atoms with E-state index in [1.165, 1.54) is 6.08 Å². The number of benzene rings is 2. The third kappa shape index (κ3) is 4.90. The average molecular weight is 376 g/mol. The summed E-state index contributed by atoms with van der Waals surface area (Å²) >= 11 is 0. The molecule has 5 heteroatoms. The minimum Gasteiger partial charge on any atom is -0.322 e. The molecule has 0 saturated heterocycles. The number of anilines is 1. The van der Waals surface area contributed by atoms with Crippen LogP contribution < -0.4 is 5.32 Å². The maximum absolute atomic E-state index is 12.2. The van der Waals surface area contributed by atoms with Crippen LogP contribution in [0.25, 0.3) is 17.1 Å². The zero-order valence-corrected chi connectivity index (χ0v) is 15.4. The molecule has 4 aromatic rings. The summed E-state index contributed by atoms with van der Waals surface area (Å²) in [7, 11) is 0. The molecule has 1 N–H and O–H groups in total. The monoisotopic (exact) mass is 376 g/mol. The number of aromatic nitrogens is 3. The molecule has 0 aliphatic rings. The molecule has 2 aromatic heterocycles. The summed E-state index contributed by atoms with van der Waals surface area (Å²) < 4.78 is 0. The maximum atomic E-state index is 12.2. The van der Waals surface area contributed by atoms with Crippen molar-refractivity contribution in [3.05, 3.63) is 102 Å². The molecule has 0 bridgehead atoms. The van der Waals surface area contributed by atoms with Crippen LogP contribution in [0.1, 0.15) is 17.0 Å². The van der Waals surface area contributed by atoms with Gasteiger partial charge in [-0.3, -0.25) is 9.78 Å². The van der Waals surface area contributed by atoms with Gasteiger partial charge in [0.15, 0.2) is 0 Å². The Labute approximate surface area is 168 Å². The molecule has 0 spiro atoms. The Hall–Kier alpha value is -4.30. The van der Waals surface area contributed by atoms with Gasteiger partial charge in [-0.05, 0) is 54.5 Å². The van der Waals surface area contributed by atoms with Gasteiger partial charge in [0.05, 0.1) is 22.9 Å². The molecule has 0 radical (unpaired) electrons. The molecule has 0 atom stereocenters. The topological polar surface area (TPSA) is 67.8 Å². The van der Waals surface area contributed by atoms with Crippen molar-refractivity contribution in [2.45, 2.75) is 0 Å². The van der Waals surface area contributed by atoms with Gasteiger partial charge < -0.3 is 5.32 Å². The SMILES string of the molecule is O=C(/C=C/c1cnc2ccccc2n1)Nc1cccc(C#Cc2ccccn2)c1. The van der Waals surface area contributed by atoms with Crippen molar-refractivity contribution in [1.29, 1.82) is 0 Å². The maximum Gasteiger partial charge on any atom is 0.248 e. The van der Waals surface area contributed by atoms with Crippen LogP contribution >= 0.6 is 0 Å². The lowest BCUT2D eigenvalue weighted by Gasteiger charge is -2.02. The lowest BCUT2D eigenvalue weighted by molar-refractivity contribution is -0.111. The van der Waals surface area contributed by atoms with Gasteiger partial charge in [-0.1, -0.05) is 30.2 Å². The van der Waals surface area contributed by atoms with Crippen LogP contribution in [0.2, 0.25) is 0 Å². The Bertz CT molecular complexity index is 1250. The van der Waals surface area contributed by atoms with Gasteiger partial charge in [0, 0.05) is 23.5 Å². The molecule has 138 valence electrons. The molecular formula is C24H16N4O. The van der Waals surface area contributed by atoms with Gasteiger partial charge in [-0.25, -0.2) is 9.97 Å². The molecule has 0 aliphatic carbocycles. The standard InChI is InChI=1S/C24H16N4O/c29-24(14-13-21-17-26-22-9-1-2-10-23(22)27-21)28-20-8-5-6-18(16-20)11-12-19-7-3-4-15-25-19/h1-10,13-17H,(H,28,29)/b14-13+. The molecule has 2 heterocycles. The first-order valence-corrected chi connectivity index (χ1v) is 9.00. The Kier molecular flexibility index (Phi) is 5.36. The highest BCUT2D eigenvalue weighted by molar-refractivity contribution is 6.01. The van der Waals surface area contributed by atoms with Crippen molar-refractivity contribution in [3.63, 3.8) is 0 Å². The predicted octanol–water partition coefficient (Wildman–Crippen LogP) is 4.08. The van der Waals surface area contributed by atoms with Crippen molar-refractivity contribution in [3.8, 4) is 11.8 Å². The number of carbonyl (C=O) groups is 1. The van der Waals surface area contributed by atoms with E-state index < -0.39 is 0 Å². The molecule has 5 nitrogen and oxygen atoms in total. The van der Waals surface area contributed by atoms with Crippen LogP contribution in [0, 0.1) is 11.8 Å². The van der Waals surface area contributed by atoms with Gasteiger partial charge in [0.25, 0.3) is 0 Å². The summed E-state index contributed by atoms with van der Waals surface area (Å²) in [6, 6.07) is 20.5. The van der Waals surface area contributed by atoms with E-state index in [2.05, 4.69) is 32.1 Å². The Morgan fingerprint density at radius 3 is 2.62 bits per heavy atom. The first-order chi connectivity index (χ1) is 14.3. The third-order valence-corrected chi connectivity index (χ3v) is 4.00. The second-order valence-corrected chi connectivity index (χ2v) is 6.15. The first kappa shape index (κ1) is 18.1. The normalized spacial score (nSPS) is 10.5. The number of nitrogens with one attached hydrogen (secondary N) is 1. The summed E-state index contributed by atoms with van der Waals surface area (Å²) in [5.74, 6) is 5.79. The number of hydrogen-bond acceptors (Lipinski definition) is 4. The number of carbonyl (C=O) groups excluding carboxylic acids is 1. The van der Waals surface area contributed by atoms with Gasteiger partial charge in [0.1, 0.15) is 5.69 Å². The van der Waals surface area contributed by atoms with Crippen LogP contribution in [0.5, 0.6) is 0 Å². The average Bonchev–Trinajstić information content (AvgIpc) is 2.77. The van der Waals surface area contributed by atoms with E-state index in [-0.39, 0.29) is 5.91 Å². The van der Waals surface area contributed by atoms with Gasteiger partial charge >= 0.3 is 0 Å². The fraction of sp³-hybridized carbons (Fsp3) is 0. The fourth-order valence-corrected chi connectivity index (χ4v) is 2.64. The van der Waals surface area contributed by atoms with E-state index in [9.17, 15) is 4.79 Å². The zero-order chi connectivity index (χ0) is 19.9. The highest BCUT2D eigenvalue weighted by Gasteiger charge is 2.00. The molecule has 0 fully saturated rings. The van der Waals surface area contributed by atoms with E-state index in [4.69, 9.17) is 0 Å². The summed E-state index contributed by atoms with van der Waals surface area (Å²) in [6.07, 6.45) is 6.41. The lowest BCUT2D eigenvalue weighted by Crippen LogP contribution is -2.07. The Morgan fingerprint density at radius 2 is 1.76 bits per heavy atom. The Balaban J connectivity index is 1.44. The van der Waals surface area contributed by atoms with Crippen LogP contribution in [0.3, 0.4) is 0 Å². The third-order valence-electron chi connectivity index (χ3n) is 4.00. The molecule has 0 saturated carbocycles. The minimum absolute atomic E-state index is 0.255. The molecule has 0 aliphatic heterocycles. The second kappa shape index (κ2) is 8.59. The van der Waals surface area contributed by atoms with Crippen LogP contribution in [0.4, 0.5) is 5.69 Å². The van der Waals surface area contributed by atoms with Gasteiger partial charge in [-0.15, -0.1) is 0 Å². The van der Waals surface area contributed by atoms with E-state index in [1.807, 2.05) is 66.7 Å². The Morgan fingerprint density at radius 1 is 0.897 bits per heavy atom. The largest absolute Gasteiger partial charge is 0.322 e. The summed E-state index contributed by atoms with van der Waals surface area (Å²) in [5, 5.41) is 2.83. The number of fused-ring (bicyclic) bond motifs is 1. The van der Waals surface area contributed by atoms with E-state index in [0.717, 1.165) is 16.6 Å². The summed E-state index contributed by atoms with van der Waals surface area (Å²) in [4.78, 5) is 25.2. The predicted molar refractivity (Wildman–Crippen MR) is 114 cm³/mol. The van der Waals surface area contributed by atoms with Gasteiger partial charge in [-0.2, -0.15) is 0 Å². The number of pyridine rings is 1. The molecule has 4 rings (SSSR count). The van der Waals surface area contributed by atoms with Crippen molar-refractivity contribution < 1.29 is 4.79 Å². The number of para-hydroxylation sites is 2. The van der Waals surface area contributed by atoms with Crippen molar-refractivity contribution >= 4 is 28.7 Å². The first-order valence-electron chi connectivity index (χ1n) is 9.00. The van der Waals surface area contributed by atoms with E-state index in [0.29, 0.717) is 17.1 Å². The second-order valence-electron chi connectivity index (χ2n) is 6.15. The van der Waals surface area contributed by atoms with Crippen molar-refractivity contribution in [2.75, 3.05) is 5.32 Å². The van der Waals surface area contributed by atoms with Crippen LogP contribution in [-0.2, 0) is 4.79 Å².